The lowest BCUT2D eigenvalue weighted by molar-refractivity contribution is -0.139. The fraction of sp³-hybridized carbons (Fsp3) is 0.375. The Morgan fingerprint density at radius 3 is 2.61 bits per heavy atom. The molecule has 1 aliphatic rings. The Morgan fingerprint density at radius 1 is 1.22 bits per heavy atom. The Labute approximate surface area is 135 Å². The van der Waals surface area contributed by atoms with E-state index in [4.69, 9.17) is 9.76 Å². The minimum atomic E-state index is -1.23. The first kappa shape index (κ1) is 17.2. The highest BCUT2D eigenvalue weighted by molar-refractivity contribution is 6.45. The molecule has 0 aliphatic carbocycles. The van der Waals surface area contributed by atoms with E-state index in [-0.39, 0.29) is 18.7 Å². The van der Waals surface area contributed by atoms with Crippen LogP contribution in [0.15, 0.2) is 42.5 Å². The molecule has 1 aliphatic heterocycles. The van der Waals surface area contributed by atoms with E-state index < -0.39 is 25.1 Å². The first-order chi connectivity index (χ1) is 11.0. The van der Waals surface area contributed by atoms with Crippen molar-refractivity contribution in [3.63, 3.8) is 0 Å². The van der Waals surface area contributed by atoms with Crippen LogP contribution in [0.25, 0.3) is 0 Å². The van der Waals surface area contributed by atoms with Gasteiger partial charge in [-0.15, -0.1) is 0 Å². The average molecular weight is 317 g/mol. The zero-order valence-electron chi connectivity index (χ0n) is 12.7. The van der Waals surface area contributed by atoms with Crippen LogP contribution in [0.1, 0.15) is 24.8 Å². The third-order valence-electron chi connectivity index (χ3n) is 3.59. The monoisotopic (exact) mass is 317 g/mol. The summed E-state index contributed by atoms with van der Waals surface area (Å²) in [4.78, 5) is 22.9. The standard InChI is InChI=1S/C16H20BNO5/c19-15(10-12-6-2-1-3-7-12)18-14-9-5-4-8-13(11-16(20)21)23-17(14)22/h1-7,13-14,22H,8-11H2,(H,18,19)(H,20,21). The van der Waals surface area contributed by atoms with Crippen molar-refractivity contribution < 1.29 is 24.4 Å². The van der Waals surface area contributed by atoms with Crippen LogP contribution in [0.3, 0.4) is 0 Å². The lowest BCUT2D eigenvalue weighted by atomic mass is 9.75. The molecule has 0 bridgehead atoms. The number of carboxylic acids is 1. The summed E-state index contributed by atoms with van der Waals surface area (Å²) in [6.45, 7) is 0. The number of hydrogen-bond acceptors (Lipinski definition) is 4. The van der Waals surface area contributed by atoms with Crippen LogP contribution >= 0.6 is 0 Å². The number of rotatable bonds is 5. The van der Waals surface area contributed by atoms with Crippen LogP contribution in [0, 0.1) is 0 Å². The molecule has 3 N–H and O–H groups in total. The summed E-state index contributed by atoms with van der Waals surface area (Å²) in [7, 11) is -1.23. The Morgan fingerprint density at radius 2 is 1.91 bits per heavy atom. The second-order valence-electron chi connectivity index (χ2n) is 5.53. The predicted molar refractivity (Wildman–Crippen MR) is 85.5 cm³/mol. The highest BCUT2D eigenvalue weighted by atomic mass is 16.5. The summed E-state index contributed by atoms with van der Waals surface area (Å²) in [6, 6.07) is 9.30. The van der Waals surface area contributed by atoms with Crippen LogP contribution < -0.4 is 5.32 Å². The molecule has 0 saturated heterocycles. The lowest BCUT2D eigenvalue weighted by Gasteiger charge is -2.25. The summed E-state index contributed by atoms with van der Waals surface area (Å²) in [5.41, 5.74) is 0.880. The summed E-state index contributed by atoms with van der Waals surface area (Å²) in [5.74, 6) is -1.80. The second-order valence-corrected chi connectivity index (χ2v) is 5.53. The number of amides is 1. The van der Waals surface area contributed by atoms with Crippen molar-refractivity contribution in [1.82, 2.24) is 5.32 Å². The Bertz CT molecular complexity index is 563. The number of carbonyl (C=O) groups excluding carboxylic acids is 1. The van der Waals surface area contributed by atoms with Crippen LogP contribution in [-0.4, -0.2) is 41.2 Å². The SMILES string of the molecule is O=C(O)CC1CC=CCC(NC(=O)Cc2ccccc2)B(O)O1. The molecule has 1 heterocycles. The third-order valence-corrected chi connectivity index (χ3v) is 3.59. The zero-order valence-corrected chi connectivity index (χ0v) is 12.7. The summed E-state index contributed by atoms with van der Waals surface area (Å²) in [6.07, 6.45) is 3.92. The first-order valence-electron chi connectivity index (χ1n) is 7.58. The molecule has 2 rings (SSSR count). The van der Waals surface area contributed by atoms with E-state index in [1.807, 2.05) is 42.5 Å². The van der Waals surface area contributed by atoms with E-state index in [0.717, 1.165) is 5.56 Å². The molecule has 0 radical (unpaired) electrons. The number of carboxylic acid groups (broad SMARTS) is 1. The van der Waals surface area contributed by atoms with E-state index in [9.17, 15) is 14.6 Å². The van der Waals surface area contributed by atoms with E-state index in [1.165, 1.54) is 0 Å². The van der Waals surface area contributed by atoms with Crippen molar-refractivity contribution in [3.05, 3.63) is 48.0 Å². The molecule has 2 atom stereocenters. The molecule has 1 aromatic rings. The van der Waals surface area contributed by atoms with Crippen molar-refractivity contribution in [1.29, 1.82) is 0 Å². The van der Waals surface area contributed by atoms with Crippen LogP contribution in [-0.2, 0) is 20.7 Å². The quantitative estimate of drug-likeness (QED) is 0.555. The van der Waals surface area contributed by atoms with Crippen molar-refractivity contribution in [3.8, 4) is 0 Å². The minimum Gasteiger partial charge on any atom is -0.481 e. The molecule has 1 aromatic carbocycles. The van der Waals surface area contributed by atoms with Crippen LogP contribution in [0.5, 0.6) is 0 Å². The van der Waals surface area contributed by atoms with E-state index in [2.05, 4.69) is 5.32 Å². The van der Waals surface area contributed by atoms with Gasteiger partial charge in [-0.2, -0.15) is 0 Å². The van der Waals surface area contributed by atoms with Gasteiger partial charge in [0.2, 0.25) is 5.91 Å². The molecule has 2 unspecified atom stereocenters. The maximum absolute atomic E-state index is 12.1. The largest absolute Gasteiger partial charge is 0.481 e. The topological polar surface area (TPSA) is 95.9 Å². The van der Waals surface area contributed by atoms with Gasteiger partial charge in [0.15, 0.2) is 0 Å². The molecule has 0 saturated carbocycles. The number of hydrogen-bond donors (Lipinski definition) is 3. The van der Waals surface area contributed by atoms with E-state index in [1.54, 1.807) is 0 Å². The maximum atomic E-state index is 12.1. The molecule has 0 aromatic heterocycles. The molecular formula is C16H20BNO5. The highest BCUT2D eigenvalue weighted by Gasteiger charge is 2.32. The van der Waals surface area contributed by atoms with E-state index >= 15 is 0 Å². The Kier molecular flexibility index (Phi) is 6.37. The minimum absolute atomic E-state index is 0.188. The molecule has 1 amide bonds. The van der Waals surface area contributed by atoms with Gasteiger partial charge in [0.25, 0.3) is 0 Å². The van der Waals surface area contributed by atoms with Gasteiger partial charge >= 0.3 is 13.1 Å². The van der Waals surface area contributed by atoms with Gasteiger partial charge in [0.1, 0.15) is 0 Å². The second kappa shape index (κ2) is 8.50. The van der Waals surface area contributed by atoms with Gasteiger partial charge < -0.3 is 20.1 Å². The molecule has 0 fully saturated rings. The number of nitrogens with one attached hydrogen (secondary N) is 1. The summed E-state index contributed by atoms with van der Waals surface area (Å²) < 4.78 is 5.37. The maximum Gasteiger partial charge on any atom is 0.478 e. The van der Waals surface area contributed by atoms with Gasteiger partial charge in [-0.1, -0.05) is 42.5 Å². The normalized spacial score (nSPS) is 21.3. The van der Waals surface area contributed by atoms with Crippen molar-refractivity contribution in [2.24, 2.45) is 0 Å². The van der Waals surface area contributed by atoms with Crippen LogP contribution in [0.2, 0.25) is 0 Å². The zero-order chi connectivity index (χ0) is 16.7. The number of carbonyl (C=O) groups is 2. The molecular weight excluding hydrogens is 297 g/mol. The van der Waals surface area contributed by atoms with Gasteiger partial charge in [-0.3, -0.25) is 9.59 Å². The van der Waals surface area contributed by atoms with Crippen molar-refractivity contribution in [2.45, 2.75) is 37.7 Å². The van der Waals surface area contributed by atoms with Crippen molar-refractivity contribution >= 4 is 19.0 Å². The molecule has 122 valence electrons. The van der Waals surface area contributed by atoms with Gasteiger partial charge in [-0.05, 0) is 18.4 Å². The predicted octanol–water partition coefficient (Wildman–Crippen LogP) is 0.944. The molecule has 0 spiro atoms. The van der Waals surface area contributed by atoms with Gasteiger partial charge in [0.05, 0.1) is 24.9 Å². The van der Waals surface area contributed by atoms with E-state index in [0.29, 0.717) is 12.8 Å². The smallest absolute Gasteiger partial charge is 0.478 e. The molecule has 23 heavy (non-hydrogen) atoms. The van der Waals surface area contributed by atoms with Crippen molar-refractivity contribution in [2.75, 3.05) is 0 Å². The lowest BCUT2D eigenvalue weighted by Crippen LogP contribution is -2.50. The third kappa shape index (κ3) is 5.88. The number of aliphatic carboxylic acids is 1. The Balaban J connectivity index is 1.92. The highest BCUT2D eigenvalue weighted by Crippen LogP contribution is 2.13. The van der Waals surface area contributed by atoms with Crippen LogP contribution in [0.4, 0.5) is 0 Å². The fourth-order valence-corrected chi connectivity index (χ4v) is 2.45. The van der Waals surface area contributed by atoms with Gasteiger partial charge in [-0.25, -0.2) is 0 Å². The molecule has 6 nitrogen and oxygen atoms in total. The first-order valence-corrected chi connectivity index (χ1v) is 7.58. The summed E-state index contributed by atoms with van der Waals surface area (Å²) in [5, 5.41) is 21.7. The number of benzene rings is 1. The van der Waals surface area contributed by atoms with Gasteiger partial charge in [0, 0.05) is 0 Å². The fourth-order valence-electron chi connectivity index (χ4n) is 2.45. The molecule has 7 heteroatoms. The average Bonchev–Trinajstić information content (AvgIpc) is 2.49. The Hall–Kier alpha value is -2.12. The summed E-state index contributed by atoms with van der Waals surface area (Å²) >= 11 is 0.